The second-order valence-corrected chi connectivity index (χ2v) is 5.22. The minimum Gasteiger partial charge on any atom is -0.353 e. The first kappa shape index (κ1) is 13.1. The maximum absolute atomic E-state index is 12.3. The summed E-state index contributed by atoms with van der Waals surface area (Å²) in [4.78, 5) is 12.3. The number of rotatable bonds is 4. The molecule has 2 rings (SSSR count). The van der Waals surface area contributed by atoms with Crippen LogP contribution >= 0.6 is 0 Å². The van der Waals surface area contributed by atoms with E-state index in [1.165, 1.54) is 19.3 Å². The van der Waals surface area contributed by atoms with Crippen LogP contribution in [-0.2, 0) is 4.79 Å². The number of amides is 1. The fourth-order valence-electron chi connectivity index (χ4n) is 2.81. The predicted molar refractivity (Wildman–Crippen MR) is 74.5 cm³/mol. The first-order chi connectivity index (χ1) is 8.81. The van der Waals surface area contributed by atoms with Crippen LogP contribution in [-0.4, -0.2) is 11.9 Å². The average molecular weight is 245 g/mol. The molecule has 18 heavy (non-hydrogen) atoms. The number of hydrogen-bond donors (Lipinski definition) is 1. The van der Waals surface area contributed by atoms with Crippen molar-refractivity contribution >= 4 is 5.91 Å². The molecule has 0 aliphatic heterocycles. The van der Waals surface area contributed by atoms with Gasteiger partial charge in [0, 0.05) is 6.04 Å². The first-order valence-electron chi connectivity index (χ1n) is 7.16. The second-order valence-electron chi connectivity index (χ2n) is 5.22. The van der Waals surface area contributed by atoms with Gasteiger partial charge in [0.25, 0.3) is 0 Å². The molecule has 1 aromatic rings. The zero-order valence-corrected chi connectivity index (χ0v) is 11.2. The van der Waals surface area contributed by atoms with E-state index in [0.29, 0.717) is 6.04 Å². The molecular weight excluding hydrogens is 222 g/mol. The van der Waals surface area contributed by atoms with Crippen LogP contribution in [0.5, 0.6) is 0 Å². The summed E-state index contributed by atoms with van der Waals surface area (Å²) in [5.74, 6) is 0.212. The van der Waals surface area contributed by atoms with E-state index in [0.717, 1.165) is 24.8 Å². The maximum atomic E-state index is 12.3. The molecule has 0 aromatic heterocycles. The van der Waals surface area contributed by atoms with Crippen molar-refractivity contribution < 1.29 is 4.79 Å². The summed E-state index contributed by atoms with van der Waals surface area (Å²) < 4.78 is 0. The normalized spacial score (nSPS) is 18.3. The summed E-state index contributed by atoms with van der Waals surface area (Å²) in [5.41, 5.74) is 1.13. The van der Waals surface area contributed by atoms with Crippen molar-refractivity contribution in [3.63, 3.8) is 0 Å². The van der Waals surface area contributed by atoms with Crippen molar-refractivity contribution in [2.45, 2.75) is 57.4 Å². The standard InChI is InChI=1S/C16H23NO/c1-2-15(13-9-5-3-6-10-13)16(18)17-14-11-7-4-8-12-14/h3,5-6,9-10,14-15H,2,4,7-8,11-12H2,1H3,(H,17,18)/t15-/m1/s1. The van der Waals surface area contributed by atoms with Crippen LogP contribution in [0.15, 0.2) is 30.3 Å². The monoisotopic (exact) mass is 245 g/mol. The lowest BCUT2D eigenvalue weighted by atomic mass is 9.92. The summed E-state index contributed by atoms with van der Waals surface area (Å²) >= 11 is 0. The zero-order valence-electron chi connectivity index (χ0n) is 11.2. The van der Waals surface area contributed by atoms with Crippen molar-refractivity contribution in [1.82, 2.24) is 5.32 Å². The van der Waals surface area contributed by atoms with Gasteiger partial charge in [-0.2, -0.15) is 0 Å². The molecule has 98 valence electrons. The smallest absolute Gasteiger partial charge is 0.227 e. The van der Waals surface area contributed by atoms with Gasteiger partial charge in [-0.25, -0.2) is 0 Å². The Hall–Kier alpha value is -1.31. The largest absolute Gasteiger partial charge is 0.353 e. The highest BCUT2D eigenvalue weighted by Gasteiger charge is 2.22. The van der Waals surface area contributed by atoms with E-state index in [2.05, 4.69) is 24.4 Å². The van der Waals surface area contributed by atoms with Crippen LogP contribution in [0.1, 0.15) is 56.9 Å². The van der Waals surface area contributed by atoms with Crippen LogP contribution in [0.4, 0.5) is 0 Å². The van der Waals surface area contributed by atoms with Crippen LogP contribution in [0.25, 0.3) is 0 Å². The van der Waals surface area contributed by atoms with Gasteiger partial charge in [-0.15, -0.1) is 0 Å². The Kier molecular flexibility index (Phi) is 4.80. The molecule has 1 aliphatic rings. The van der Waals surface area contributed by atoms with Gasteiger partial charge in [0.1, 0.15) is 0 Å². The average Bonchev–Trinajstić information content (AvgIpc) is 2.42. The number of carbonyl (C=O) groups is 1. The topological polar surface area (TPSA) is 29.1 Å². The molecule has 0 saturated heterocycles. The molecule has 0 bridgehead atoms. The van der Waals surface area contributed by atoms with Crippen LogP contribution in [0.2, 0.25) is 0 Å². The van der Waals surface area contributed by atoms with Crippen molar-refractivity contribution in [1.29, 1.82) is 0 Å². The van der Waals surface area contributed by atoms with Crippen molar-refractivity contribution in [3.8, 4) is 0 Å². The van der Waals surface area contributed by atoms with Crippen molar-refractivity contribution in [2.75, 3.05) is 0 Å². The van der Waals surface area contributed by atoms with E-state index >= 15 is 0 Å². The third kappa shape index (κ3) is 3.34. The minimum absolute atomic E-state index is 0.00752. The quantitative estimate of drug-likeness (QED) is 0.862. The van der Waals surface area contributed by atoms with Gasteiger partial charge < -0.3 is 5.32 Å². The van der Waals surface area contributed by atoms with Gasteiger partial charge >= 0.3 is 0 Å². The highest BCUT2D eigenvalue weighted by Crippen LogP contribution is 2.22. The van der Waals surface area contributed by atoms with Gasteiger partial charge in [0.2, 0.25) is 5.91 Å². The molecule has 1 fully saturated rings. The summed E-state index contributed by atoms with van der Waals surface area (Å²) in [6.45, 7) is 2.08. The lowest BCUT2D eigenvalue weighted by Crippen LogP contribution is -2.39. The molecule has 1 N–H and O–H groups in total. The number of hydrogen-bond acceptors (Lipinski definition) is 1. The Morgan fingerprint density at radius 2 is 1.89 bits per heavy atom. The van der Waals surface area contributed by atoms with Crippen LogP contribution in [0, 0.1) is 0 Å². The van der Waals surface area contributed by atoms with Gasteiger partial charge in [-0.3, -0.25) is 4.79 Å². The second kappa shape index (κ2) is 6.58. The lowest BCUT2D eigenvalue weighted by molar-refractivity contribution is -0.123. The Balaban J connectivity index is 1.97. The zero-order chi connectivity index (χ0) is 12.8. The molecule has 0 unspecified atom stereocenters. The van der Waals surface area contributed by atoms with E-state index in [9.17, 15) is 4.79 Å². The predicted octanol–water partition coefficient (Wildman–Crippen LogP) is 3.63. The number of benzene rings is 1. The molecule has 1 aromatic carbocycles. The van der Waals surface area contributed by atoms with E-state index < -0.39 is 0 Å². The Morgan fingerprint density at radius 1 is 1.22 bits per heavy atom. The van der Waals surface area contributed by atoms with Gasteiger partial charge in [0.05, 0.1) is 5.92 Å². The summed E-state index contributed by atoms with van der Waals surface area (Å²) in [5, 5.41) is 3.23. The lowest BCUT2D eigenvalue weighted by Gasteiger charge is -2.25. The maximum Gasteiger partial charge on any atom is 0.227 e. The Morgan fingerprint density at radius 3 is 2.50 bits per heavy atom. The third-order valence-corrected chi connectivity index (χ3v) is 3.88. The van der Waals surface area contributed by atoms with E-state index in [4.69, 9.17) is 0 Å². The van der Waals surface area contributed by atoms with E-state index in [-0.39, 0.29) is 11.8 Å². The Labute approximate surface area is 110 Å². The summed E-state index contributed by atoms with van der Waals surface area (Å²) in [7, 11) is 0. The molecule has 1 atom stereocenters. The molecule has 2 nitrogen and oxygen atoms in total. The fraction of sp³-hybridized carbons (Fsp3) is 0.562. The van der Waals surface area contributed by atoms with Gasteiger partial charge in [-0.05, 0) is 24.8 Å². The first-order valence-corrected chi connectivity index (χ1v) is 7.16. The molecule has 1 aliphatic carbocycles. The van der Waals surface area contributed by atoms with Crippen LogP contribution in [0.3, 0.4) is 0 Å². The number of carbonyl (C=O) groups excluding carboxylic acids is 1. The summed E-state index contributed by atoms with van der Waals surface area (Å²) in [6, 6.07) is 10.5. The number of nitrogens with one attached hydrogen (secondary N) is 1. The SMILES string of the molecule is CC[C@@H](C(=O)NC1CCCCC1)c1ccccc1. The van der Waals surface area contributed by atoms with E-state index in [1.807, 2.05) is 18.2 Å². The van der Waals surface area contributed by atoms with Gasteiger partial charge in [-0.1, -0.05) is 56.5 Å². The highest BCUT2D eigenvalue weighted by molar-refractivity contribution is 5.83. The van der Waals surface area contributed by atoms with Crippen molar-refractivity contribution in [2.24, 2.45) is 0 Å². The molecule has 0 heterocycles. The van der Waals surface area contributed by atoms with Crippen LogP contribution < -0.4 is 5.32 Å². The molecule has 1 amide bonds. The van der Waals surface area contributed by atoms with Gasteiger partial charge in [0.15, 0.2) is 0 Å². The third-order valence-electron chi connectivity index (χ3n) is 3.88. The molecule has 0 radical (unpaired) electrons. The molecule has 0 spiro atoms. The fourth-order valence-corrected chi connectivity index (χ4v) is 2.81. The molecular formula is C16H23NO. The van der Waals surface area contributed by atoms with E-state index in [1.54, 1.807) is 0 Å². The highest BCUT2D eigenvalue weighted by atomic mass is 16.1. The summed E-state index contributed by atoms with van der Waals surface area (Å²) in [6.07, 6.45) is 7.00. The van der Waals surface area contributed by atoms with Crippen molar-refractivity contribution in [3.05, 3.63) is 35.9 Å². The molecule has 2 heteroatoms. The molecule has 1 saturated carbocycles. The Bertz CT molecular complexity index is 368. The minimum atomic E-state index is 0.00752.